The van der Waals surface area contributed by atoms with Gasteiger partial charge < -0.3 is 0 Å². The van der Waals surface area contributed by atoms with Crippen LogP contribution in [0.1, 0.15) is 47.5 Å². The molecule has 0 bridgehead atoms. The quantitative estimate of drug-likeness (QED) is 0.720. The lowest BCUT2D eigenvalue weighted by molar-refractivity contribution is -0.0885. The minimum absolute atomic E-state index is 0.284. The summed E-state index contributed by atoms with van der Waals surface area (Å²) in [6, 6.07) is 5.86. The van der Waals surface area contributed by atoms with E-state index in [9.17, 15) is 18.0 Å². The molecule has 1 radical (unpaired) electrons. The normalized spacial score (nSPS) is 17.7. The molecule has 0 amide bonds. The van der Waals surface area contributed by atoms with Gasteiger partial charge in [-0.2, -0.15) is 13.2 Å². The third kappa shape index (κ3) is 2.92. The number of Topliss-reactive ketones (excluding diaryl/α,β-unsaturated/α-hetero) is 1. The fourth-order valence-electron chi connectivity index (χ4n) is 2.33. The van der Waals surface area contributed by atoms with Crippen LogP contribution >= 0.6 is 0 Å². The number of alkyl halides is 3. The molecule has 2 rings (SSSR count). The Hall–Kier alpha value is -1.32. The largest absolute Gasteiger partial charge is 0.454 e. The molecule has 0 atom stereocenters. The van der Waals surface area contributed by atoms with Gasteiger partial charge in [0, 0.05) is 5.56 Å². The molecule has 97 valence electrons. The van der Waals surface area contributed by atoms with Crippen molar-refractivity contribution in [1.29, 1.82) is 0 Å². The van der Waals surface area contributed by atoms with Crippen LogP contribution < -0.4 is 0 Å². The Bertz CT molecular complexity index is 414. The van der Waals surface area contributed by atoms with Crippen LogP contribution in [0.3, 0.4) is 0 Å². The number of hydrogen-bond acceptors (Lipinski definition) is 1. The lowest BCUT2D eigenvalue weighted by Gasteiger charge is -2.21. The van der Waals surface area contributed by atoms with Crippen molar-refractivity contribution in [2.45, 2.75) is 37.8 Å². The number of halogens is 3. The summed E-state index contributed by atoms with van der Waals surface area (Å²) in [5.41, 5.74) is 0.746. The zero-order valence-electron chi connectivity index (χ0n) is 9.83. The number of rotatable bonds is 2. The van der Waals surface area contributed by atoms with Crippen LogP contribution in [-0.4, -0.2) is 12.0 Å². The van der Waals surface area contributed by atoms with Crippen molar-refractivity contribution < 1.29 is 18.0 Å². The molecule has 1 saturated carbocycles. The van der Waals surface area contributed by atoms with E-state index in [0.29, 0.717) is 5.92 Å². The second-order valence-corrected chi connectivity index (χ2v) is 4.59. The maximum atomic E-state index is 12.2. The van der Waals surface area contributed by atoms with Crippen molar-refractivity contribution in [3.63, 3.8) is 0 Å². The second-order valence-electron chi connectivity index (χ2n) is 4.59. The average molecular weight is 255 g/mol. The van der Waals surface area contributed by atoms with E-state index in [1.54, 1.807) is 12.1 Å². The van der Waals surface area contributed by atoms with Gasteiger partial charge >= 0.3 is 6.18 Å². The molecule has 1 aromatic rings. The van der Waals surface area contributed by atoms with Crippen molar-refractivity contribution in [3.8, 4) is 0 Å². The van der Waals surface area contributed by atoms with Gasteiger partial charge in [-0.25, -0.2) is 0 Å². The van der Waals surface area contributed by atoms with Crippen molar-refractivity contribution >= 4 is 5.78 Å². The number of carbonyl (C=O) groups is 1. The predicted octanol–water partition coefficient (Wildman–Crippen LogP) is 4.29. The van der Waals surface area contributed by atoms with Crippen molar-refractivity contribution in [2.75, 3.05) is 0 Å². The molecule has 1 aliphatic rings. The highest BCUT2D eigenvalue weighted by molar-refractivity contribution is 6.00. The summed E-state index contributed by atoms with van der Waals surface area (Å²) in [6.07, 6.45) is 1.61. The number of benzene rings is 1. The van der Waals surface area contributed by atoms with E-state index in [2.05, 4.69) is 6.42 Å². The third-order valence-corrected chi connectivity index (χ3v) is 3.34. The molecule has 0 aliphatic heterocycles. The maximum Gasteiger partial charge on any atom is 0.454 e. The molecule has 1 fully saturated rings. The molecule has 4 heteroatoms. The van der Waals surface area contributed by atoms with Crippen molar-refractivity contribution in [2.24, 2.45) is 0 Å². The Morgan fingerprint density at radius 1 is 1.06 bits per heavy atom. The molecule has 0 spiro atoms. The van der Waals surface area contributed by atoms with E-state index in [4.69, 9.17) is 0 Å². The van der Waals surface area contributed by atoms with E-state index in [0.717, 1.165) is 31.2 Å². The molecule has 0 N–H and O–H groups in total. The fourth-order valence-corrected chi connectivity index (χ4v) is 2.33. The summed E-state index contributed by atoms with van der Waals surface area (Å²) < 4.78 is 36.7. The van der Waals surface area contributed by atoms with E-state index >= 15 is 0 Å². The monoisotopic (exact) mass is 255 g/mol. The van der Waals surface area contributed by atoms with Gasteiger partial charge in [-0.3, -0.25) is 4.79 Å². The molecule has 1 aromatic carbocycles. The minimum atomic E-state index is -4.79. The Kier molecular flexibility index (Phi) is 3.73. The third-order valence-electron chi connectivity index (χ3n) is 3.34. The van der Waals surface area contributed by atoms with E-state index < -0.39 is 12.0 Å². The van der Waals surface area contributed by atoms with Gasteiger partial charge in [-0.15, -0.1) is 0 Å². The molecule has 0 aromatic heterocycles. The fraction of sp³-hybridized carbons (Fsp3) is 0.429. The van der Waals surface area contributed by atoms with Gasteiger partial charge in [0.05, 0.1) is 0 Å². The lowest BCUT2D eigenvalue weighted by atomic mass is 9.84. The van der Waals surface area contributed by atoms with Crippen molar-refractivity contribution in [1.82, 2.24) is 0 Å². The Balaban J connectivity index is 2.12. The van der Waals surface area contributed by atoms with Gasteiger partial charge in [0.25, 0.3) is 5.78 Å². The molecular weight excluding hydrogens is 241 g/mol. The Morgan fingerprint density at radius 2 is 1.61 bits per heavy atom. The standard InChI is InChI=1S/C14H14F3O/c15-14(16,17)13(18)12-8-6-11(7-9-12)10-4-2-1-3-5-10/h1,6-10H,2-5H2. The average Bonchev–Trinajstić information content (AvgIpc) is 2.38. The molecule has 1 nitrogen and oxygen atoms in total. The zero-order valence-corrected chi connectivity index (χ0v) is 9.83. The van der Waals surface area contributed by atoms with Crippen LogP contribution in [0.25, 0.3) is 0 Å². The summed E-state index contributed by atoms with van der Waals surface area (Å²) in [5.74, 6) is -1.36. The highest BCUT2D eigenvalue weighted by Crippen LogP contribution is 2.32. The summed E-state index contributed by atoms with van der Waals surface area (Å²) in [6.45, 7) is 0. The van der Waals surface area contributed by atoms with Gasteiger partial charge in [0.2, 0.25) is 0 Å². The molecule has 18 heavy (non-hydrogen) atoms. The predicted molar refractivity (Wildman–Crippen MR) is 62.3 cm³/mol. The number of carbonyl (C=O) groups excluding carboxylic acids is 1. The van der Waals surface area contributed by atoms with Crippen LogP contribution in [0, 0.1) is 6.42 Å². The molecule has 0 unspecified atom stereocenters. The first-order valence-corrected chi connectivity index (χ1v) is 6.01. The van der Waals surface area contributed by atoms with Crippen LogP contribution in [0.4, 0.5) is 13.2 Å². The highest BCUT2D eigenvalue weighted by Gasteiger charge is 2.39. The Morgan fingerprint density at radius 3 is 2.11 bits per heavy atom. The van der Waals surface area contributed by atoms with E-state index in [1.165, 1.54) is 12.1 Å². The van der Waals surface area contributed by atoms with Crippen LogP contribution in [0.2, 0.25) is 0 Å². The van der Waals surface area contributed by atoms with E-state index in [-0.39, 0.29) is 5.56 Å². The van der Waals surface area contributed by atoms with Gasteiger partial charge in [-0.1, -0.05) is 24.3 Å². The van der Waals surface area contributed by atoms with Crippen LogP contribution in [0.5, 0.6) is 0 Å². The summed E-state index contributed by atoms with van der Waals surface area (Å²) in [4.78, 5) is 11.0. The van der Waals surface area contributed by atoms with Crippen LogP contribution in [0.15, 0.2) is 24.3 Å². The second kappa shape index (κ2) is 5.12. The summed E-state index contributed by atoms with van der Waals surface area (Å²) >= 11 is 0. The van der Waals surface area contributed by atoms with Gasteiger partial charge in [0.1, 0.15) is 0 Å². The topological polar surface area (TPSA) is 17.1 Å². The smallest absolute Gasteiger partial charge is 0.284 e. The Labute approximate surface area is 104 Å². The number of ketones is 1. The minimum Gasteiger partial charge on any atom is -0.284 e. The van der Waals surface area contributed by atoms with E-state index in [1.807, 2.05) is 0 Å². The summed E-state index contributed by atoms with van der Waals surface area (Å²) in [5, 5.41) is 0. The lowest BCUT2D eigenvalue weighted by Crippen LogP contribution is -2.22. The van der Waals surface area contributed by atoms with Crippen LogP contribution in [-0.2, 0) is 0 Å². The highest BCUT2D eigenvalue weighted by atomic mass is 19.4. The van der Waals surface area contributed by atoms with Crippen molar-refractivity contribution in [3.05, 3.63) is 41.8 Å². The SMILES string of the molecule is O=C(c1ccc(C2CC[CH]CC2)cc1)C(F)(F)F. The van der Waals surface area contributed by atoms with Gasteiger partial charge in [0.15, 0.2) is 0 Å². The molecule has 0 saturated heterocycles. The molecule has 1 aliphatic carbocycles. The first-order valence-electron chi connectivity index (χ1n) is 6.01. The van der Waals surface area contributed by atoms with Gasteiger partial charge in [-0.05, 0) is 43.6 Å². The zero-order chi connectivity index (χ0) is 13.2. The first kappa shape index (κ1) is 13.1. The summed E-state index contributed by atoms with van der Waals surface area (Å²) in [7, 11) is 0. The maximum absolute atomic E-state index is 12.2. The molecular formula is C14H14F3O. The first-order chi connectivity index (χ1) is 8.48. The number of hydrogen-bond donors (Lipinski definition) is 0. The molecule has 0 heterocycles.